The summed E-state index contributed by atoms with van der Waals surface area (Å²) in [6.45, 7) is 1.90. The number of aromatic hydroxyl groups is 1. The molecule has 0 aliphatic heterocycles. The molecule has 0 fully saturated rings. The van der Waals surface area contributed by atoms with E-state index >= 15 is 0 Å². The van der Waals surface area contributed by atoms with Crippen LogP contribution in [0.1, 0.15) is 15.9 Å². The molecule has 0 radical (unpaired) electrons. The maximum Gasteiger partial charge on any atom is 0.257 e. The first-order valence-corrected chi connectivity index (χ1v) is 5.53. The van der Waals surface area contributed by atoms with Gasteiger partial charge in [0, 0.05) is 11.4 Å². The highest BCUT2D eigenvalue weighted by Gasteiger charge is 2.10. The highest BCUT2D eigenvalue weighted by Crippen LogP contribution is 2.18. The quantitative estimate of drug-likeness (QED) is 0.559. The largest absolute Gasteiger partial charge is 0.508 e. The van der Waals surface area contributed by atoms with E-state index in [4.69, 9.17) is 10.8 Å². The Hall–Kier alpha value is -2.49. The molecule has 0 spiro atoms. The predicted molar refractivity (Wildman–Crippen MR) is 71.7 cm³/mol. The van der Waals surface area contributed by atoms with Gasteiger partial charge >= 0.3 is 0 Å². The van der Waals surface area contributed by atoms with E-state index in [-0.39, 0.29) is 11.7 Å². The van der Waals surface area contributed by atoms with Crippen molar-refractivity contribution >= 4 is 17.3 Å². The summed E-state index contributed by atoms with van der Waals surface area (Å²) in [5, 5.41) is 11.9. The lowest BCUT2D eigenvalue weighted by Gasteiger charge is -2.08. The molecule has 0 aliphatic rings. The van der Waals surface area contributed by atoms with Gasteiger partial charge < -0.3 is 16.2 Å². The zero-order chi connectivity index (χ0) is 13.1. The van der Waals surface area contributed by atoms with Crippen LogP contribution in [-0.4, -0.2) is 11.0 Å². The van der Waals surface area contributed by atoms with Crippen LogP contribution in [0.25, 0.3) is 0 Å². The van der Waals surface area contributed by atoms with Crippen LogP contribution in [-0.2, 0) is 0 Å². The summed E-state index contributed by atoms with van der Waals surface area (Å²) in [6.07, 6.45) is 0. The van der Waals surface area contributed by atoms with Crippen LogP contribution < -0.4 is 11.1 Å². The molecule has 0 atom stereocenters. The smallest absolute Gasteiger partial charge is 0.257 e. The van der Waals surface area contributed by atoms with Gasteiger partial charge in [-0.3, -0.25) is 4.79 Å². The van der Waals surface area contributed by atoms with E-state index in [1.165, 1.54) is 12.1 Å². The summed E-state index contributed by atoms with van der Waals surface area (Å²) >= 11 is 0. The lowest BCUT2D eigenvalue weighted by molar-refractivity contribution is 0.102. The maximum absolute atomic E-state index is 12.0. The molecule has 0 heterocycles. The van der Waals surface area contributed by atoms with E-state index in [0.29, 0.717) is 16.9 Å². The summed E-state index contributed by atoms with van der Waals surface area (Å²) in [4.78, 5) is 12.0. The summed E-state index contributed by atoms with van der Waals surface area (Å²) in [7, 11) is 0. The van der Waals surface area contributed by atoms with Gasteiger partial charge in [0.25, 0.3) is 5.91 Å². The van der Waals surface area contributed by atoms with Crippen molar-refractivity contribution in [3.63, 3.8) is 0 Å². The van der Waals surface area contributed by atoms with Crippen LogP contribution in [0.5, 0.6) is 5.75 Å². The number of carbonyl (C=O) groups is 1. The van der Waals surface area contributed by atoms with E-state index < -0.39 is 0 Å². The number of nitrogens with one attached hydrogen (secondary N) is 1. The van der Waals surface area contributed by atoms with Crippen molar-refractivity contribution in [3.8, 4) is 5.75 Å². The van der Waals surface area contributed by atoms with Gasteiger partial charge in [-0.05, 0) is 43.3 Å². The fourth-order valence-electron chi connectivity index (χ4n) is 1.61. The lowest BCUT2D eigenvalue weighted by Crippen LogP contribution is -2.14. The Bertz CT molecular complexity index is 577. The minimum Gasteiger partial charge on any atom is -0.508 e. The van der Waals surface area contributed by atoms with Crippen LogP contribution in [0.3, 0.4) is 0 Å². The number of hydrogen-bond acceptors (Lipinski definition) is 3. The Morgan fingerprint density at radius 1 is 1.17 bits per heavy atom. The molecule has 2 aromatic carbocycles. The van der Waals surface area contributed by atoms with E-state index in [1.54, 1.807) is 24.3 Å². The van der Waals surface area contributed by atoms with Crippen molar-refractivity contribution in [2.75, 3.05) is 11.1 Å². The molecular weight excluding hydrogens is 228 g/mol. The zero-order valence-electron chi connectivity index (χ0n) is 9.97. The second-order valence-electron chi connectivity index (χ2n) is 4.09. The van der Waals surface area contributed by atoms with E-state index in [0.717, 1.165) is 5.56 Å². The van der Waals surface area contributed by atoms with Gasteiger partial charge in [0.15, 0.2) is 0 Å². The highest BCUT2D eigenvalue weighted by atomic mass is 16.3. The van der Waals surface area contributed by atoms with Crippen molar-refractivity contribution in [2.45, 2.75) is 6.92 Å². The average molecular weight is 242 g/mol. The highest BCUT2D eigenvalue weighted by molar-refractivity contribution is 6.07. The zero-order valence-corrected chi connectivity index (χ0v) is 9.97. The number of phenols is 1. The molecule has 2 aromatic rings. The number of carbonyl (C=O) groups excluding carboxylic acids is 1. The van der Waals surface area contributed by atoms with E-state index in [2.05, 4.69) is 5.32 Å². The Morgan fingerprint density at radius 3 is 2.50 bits per heavy atom. The second kappa shape index (κ2) is 4.79. The van der Waals surface area contributed by atoms with Gasteiger partial charge in [0.05, 0.1) is 5.56 Å². The monoisotopic (exact) mass is 242 g/mol. The predicted octanol–water partition coefficient (Wildman–Crippen LogP) is 2.54. The van der Waals surface area contributed by atoms with Crippen molar-refractivity contribution in [1.82, 2.24) is 0 Å². The van der Waals surface area contributed by atoms with Gasteiger partial charge in [0.2, 0.25) is 0 Å². The molecule has 0 aromatic heterocycles. The summed E-state index contributed by atoms with van der Waals surface area (Å²) in [5.74, 6) is -0.107. The molecular formula is C14H14N2O2. The van der Waals surface area contributed by atoms with Crippen LogP contribution in [0.2, 0.25) is 0 Å². The molecule has 18 heavy (non-hydrogen) atoms. The van der Waals surface area contributed by atoms with Crippen LogP contribution in [0.15, 0.2) is 42.5 Å². The standard InChI is InChI=1S/C14H14N2O2/c1-9-2-7-13(15)12(8-9)14(18)16-10-3-5-11(17)6-4-10/h2-8,17H,15H2,1H3,(H,16,18). The maximum atomic E-state index is 12.0. The first kappa shape index (κ1) is 12.0. The van der Waals surface area contributed by atoms with Crippen molar-refractivity contribution in [3.05, 3.63) is 53.6 Å². The number of nitrogens with two attached hydrogens (primary N) is 1. The first-order chi connectivity index (χ1) is 8.56. The number of amides is 1. The number of hydrogen-bond donors (Lipinski definition) is 3. The van der Waals surface area contributed by atoms with Gasteiger partial charge in [-0.15, -0.1) is 0 Å². The summed E-state index contributed by atoms with van der Waals surface area (Å²) in [5.41, 5.74) is 8.24. The molecule has 1 amide bonds. The number of phenolic OH excluding ortho intramolecular Hbond substituents is 1. The number of anilines is 2. The van der Waals surface area contributed by atoms with E-state index in [1.807, 2.05) is 13.0 Å². The molecule has 4 N–H and O–H groups in total. The SMILES string of the molecule is Cc1ccc(N)c(C(=O)Nc2ccc(O)cc2)c1. The Balaban J connectivity index is 2.21. The molecule has 0 saturated carbocycles. The minimum absolute atomic E-state index is 0.156. The van der Waals surface area contributed by atoms with Crippen LogP contribution in [0, 0.1) is 6.92 Å². The molecule has 0 bridgehead atoms. The number of aryl methyl sites for hydroxylation is 1. The lowest BCUT2D eigenvalue weighted by atomic mass is 10.1. The Labute approximate surface area is 105 Å². The molecule has 4 heteroatoms. The molecule has 2 rings (SSSR count). The first-order valence-electron chi connectivity index (χ1n) is 5.53. The van der Waals surface area contributed by atoms with Gasteiger partial charge in [-0.25, -0.2) is 0 Å². The fourth-order valence-corrected chi connectivity index (χ4v) is 1.61. The average Bonchev–Trinajstić information content (AvgIpc) is 2.35. The summed E-state index contributed by atoms with van der Waals surface area (Å²) < 4.78 is 0. The van der Waals surface area contributed by atoms with Crippen molar-refractivity contribution < 1.29 is 9.90 Å². The molecule has 0 aliphatic carbocycles. The Kier molecular flexibility index (Phi) is 3.19. The Morgan fingerprint density at radius 2 is 1.83 bits per heavy atom. The van der Waals surface area contributed by atoms with Gasteiger partial charge in [-0.1, -0.05) is 11.6 Å². The van der Waals surface area contributed by atoms with Crippen molar-refractivity contribution in [1.29, 1.82) is 0 Å². The van der Waals surface area contributed by atoms with E-state index in [9.17, 15) is 4.79 Å². The summed E-state index contributed by atoms with van der Waals surface area (Å²) in [6, 6.07) is 11.6. The fraction of sp³-hybridized carbons (Fsp3) is 0.0714. The third kappa shape index (κ3) is 2.60. The third-order valence-electron chi connectivity index (χ3n) is 2.58. The molecule has 0 saturated heterocycles. The molecule has 92 valence electrons. The third-order valence-corrected chi connectivity index (χ3v) is 2.58. The van der Waals surface area contributed by atoms with Crippen molar-refractivity contribution in [2.24, 2.45) is 0 Å². The number of nitrogen functional groups attached to an aromatic ring is 1. The molecule has 0 unspecified atom stereocenters. The topological polar surface area (TPSA) is 75.4 Å². The normalized spacial score (nSPS) is 10.1. The second-order valence-corrected chi connectivity index (χ2v) is 4.09. The van der Waals surface area contributed by atoms with Gasteiger partial charge in [-0.2, -0.15) is 0 Å². The molecule has 4 nitrogen and oxygen atoms in total. The number of rotatable bonds is 2. The van der Waals surface area contributed by atoms with Crippen LogP contribution in [0.4, 0.5) is 11.4 Å². The minimum atomic E-state index is -0.262. The van der Waals surface area contributed by atoms with Crippen LogP contribution >= 0.6 is 0 Å². The van der Waals surface area contributed by atoms with Gasteiger partial charge in [0.1, 0.15) is 5.75 Å². The number of benzene rings is 2.